The molecule has 3 aliphatic rings. The second kappa shape index (κ2) is 6.74. The van der Waals surface area contributed by atoms with Crippen LogP contribution in [0.3, 0.4) is 0 Å². The highest BCUT2D eigenvalue weighted by atomic mass is 32.1. The lowest BCUT2D eigenvalue weighted by Crippen LogP contribution is -2.47. The molecule has 1 aromatic heterocycles. The maximum atomic E-state index is 13.0. The van der Waals surface area contributed by atoms with Crippen LogP contribution in [0.5, 0.6) is 0 Å². The van der Waals surface area contributed by atoms with Gasteiger partial charge in [0.15, 0.2) is 5.13 Å². The van der Waals surface area contributed by atoms with E-state index < -0.39 is 11.6 Å². The minimum Gasteiger partial charge on any atom is -0.323 e. The highest BCUT2D eigenvalue weighted by molar-refractivity contribution is 7.16. The first kappa shape index (κ1) is 18.2. The molecule has 0 spiro atoms. The van der Waals surface area contributed by atoms with Gasteiger partial charge in [-0.15, -0.1) is 17.9 Å². The van der Waals surface area contributed by atoms with E-state index >= 15 is 0 Å². The van der Waals surface area contributed by atoms with Crippen molar-refractivity contribution in [3.8, 4) is 0 Å². The van der Waals surface area contributed by atoms with Gasteiger partial charge in [-0.05, 0) is 51.4 Å². The van der Waals surface area contributed by atoms with Crippen LogP contribution < -0.4 is 10.2 Å². The SMILES string of the molecule is C=CCN(C(=O)CN1C(=O)N[C@](C)(C2CC2)C1=O)c1nc2c(s1)CCCC2. The molecule has 4 amide bonds. The standard InChI is InChI=1S/C19H24N4O3S/c1-3-10-22(18-20-13-6-4-5-7-14(13)27-18)15(24)11-23-16(25)19(2,12-8-9-12)21-17(23)26/h3,12H,1,4-11H2,2H3,(H,21,26)/t19-/m1/s1. The lowest BCUT2D eigenvalue weighted by Gasteiger charge is -2.23. The number of urea groups is 1. The molecule has 7 nitrogen and oxygen atoms in total. The van der Waals surface area contributed by atoms with Gasteiger partial charge in [0.05, 0.1) is 5.69 Å². The zero-order valence-corrected chi connectivity index (χ0v) is 16.3. The molecular formula is C19H24N4O3S. The number of rotatable bonds is 6. The molecule has 1 N–H and O–H groups in total. The molecule has 1 saturated heterocycles. The lowest BCUT2D eigenvalue weighted by molar-refractivity contribution is -0.134. The summed E-state index contributed by atoms with van der Waals surface area (Å²) in [5, 5.41) is 3.41. The Bertz CT molecular complexity index is 792. The summed E-state index contributed by atoms with van der Waals surface area (Å²) in [6.45, 7) is 5.51. The van der Waals surface area contributed by atoms with Crippen molar-refractivity contribution in [2.24, 2.45) is 5.92 Å². The van der Waals surface area contributed by atoms with E-state index in [1.54, 1.807) is 13.0 Å². The van der Waals surface area contributed by atoms with Crippen molar-refractivity contribution in [2.75, 3.05) is 18.0 Å². The number of hydrogen-bond donors (Lipinski definition) is 1. The third-order valence-corrected chi connectivity index (χ3v) is 6.85. The Hall–Kier alpha value is -2.22. The number of anilines is 1. The van der Waals surface area contributed by atoms with Gasteiger partial charge in [-0.3, -0.25) is 19.4 Å². The van der Waals surface area contributed by atoms with E-state index in [1.165, 1.54) is 21.1 Å². The largest absolute Gasteiger partial charge is 0.325 e. The van der Waals surface area contributed by atoms with Gasteiger partial charge in [-0.1, -0.05) is 6.08 Å². The molecule has 1 atom stereocenters. The van der Waals surface area contributed by atoms with Gasteiger partial charge >= 0.3 is 6.03 Å². The molecule has 8 heteroatoms. The number of aryl methyl sites for hydroxylation is 2. The molecule has 0 unspecified atom stereocenters. The summed E-state index contributed by atoms with van der Waals surface area (Å²) in [4.78, 5) is 46.5. The van der Waals surface area contributed by atoms with E-state index in [1.807, 2.05) is 0 Å². The number of hydrogen-bond acceptors (Lipinski definition) is 5. The Balaban J connectivity index is 1.52. The lowest BCUT2D eigenvalue weighted by atomic mass is 9.96. The Morgan fingerprint density at radius 2 is 2.15 bits per heavy atom. The number of thiazole rings is 1. The summed E-state index contributed by atoms with van der Waals surface area (Å²) in [6.07, 6.45) is 7.69. The summed E-state index contributed by atoms with van der Waals surface area (Å²) in [6, 6.07) is -0.486. The second-order valence-corrected chi connectivity index (χ2v) is 8.73. The smallest absolute Gasteiger partial charge is 0.323 e. The summed E-state index contributed by atoms with van der Waals surface area (Å²) in [7, 11) is 0. The van der Waals surface area contributed by atoms with Gasteiger partial charge in [0, 0.05) is 11.4 Å². The number of nitrogens with zero attached hydrogens (tertiary/aromatic N) is 3. The molecule has 27 heavy (non-hydrogen) atoms. The molecule has 144 valence electrons. The van der Waals surface area contributed by atoms with Crippen LogP contribution in [0.1, 0.15) is 43.2 Å². The van der Waals surface area contributed by atoms with Crippen molar-refractivity contribution in [2.45, 2.75) is 51.0 Å². The number of amides is 4. The fourth-order valence-electron chi connectivity index (χ4n) is 3.89. The number of carbonyl (C=O) groups is 3. The fourth-order valence-corrected chi connectivity index (χ4v) is 5.06. The fraction of sp³-hybridized carbons (Fsp3) is 0.579. The van der Waals surface area contributed by atoms with Gasteiger partial charge in [-0.2, -0.15) is 0 Å². The van der Waals surface area contributed by atoms with E-state index in [4.69, 9.17) is 0 Å². The number of imide groups is 1. The van der Waals surface area contributed by atoms with Crippen molar-refractivity contribution in [1.82, 2.24) is 15.2 Å². The Morgan fingerprint density at radius 3 is 2.81 bits per heavy atom. The van der Waals surface area contributed by atoms with E-state index in [-0.39, 0.29) is 24.3 Å². The molecule has 1 aliphatic heterocycles. The van der Waals surface area contributed by atoms with Crippen LogP contribution in [-0.2, 0) is 22.4 Å². The molecule has 2 fully saturated rings. The van der Waals surface area contributed by atoms with Crippen molar-refractivity contribution >= 4 is 34.3 Å². The Morgan fingerprint density at radius 1 is 1.41 bits per heavy atom. The van der Waals surface area contributed by atoms with Crippen molar-refractivity contribution in [1.29, 1.82) is 0 Å². The molecule has 1 saturated carbocycles. The average molecular weight is 388 g/mol. The summed E-state index contributed by atoms with van der Waals surface area (Å²) < 4.78 is 0. The molecule has 0 bridgehead atoms. The second-order valence-electron chi connectivity index (χ2n) is 7.66. The summed E-state index contributed by atoms with van der Waals surface area (Å²) >= 11 is 1.53. The molecule has 1 aromatic rings. The number of nitrogens with one attached hydrogen (secondary N) is 1. The normalized spacial score (nSPS) is 24.6. The van der Waals surface area contributed by atoms with Crippen molar-refractivity contribution < 1.29 is 14.4 Å². The maximum absolute atomic E-state index is 13.0. The van der Waals surface area contributed by atoms with E-state index in [9.17, 15) is 14.4 Å². The minimum atomic E-state index is -0.874. The Kier molecular flexibility index (Phi) is 4.53. The van der Waals surface area contributed by atoms with E-state index in [2.05, 4.69) is 16.9 Å². The average Bonchev–Trinajstić information content (AvgIpc) is 3.38. The highest BCUT2D eigenvalue weighted by Crippen LogP contribution is 2.42. The van der Waals surface area contributed by atoms with Crippen LogP contribution in [0.2, 0.25) is 0 Å². The molecule has 2 aliphatic carbocycles. The topological polar surface area (TPSA) is 82.6 Å². The molecule has 0 aromatic carbocycles. The van der Waals surface area contributed by atoms with Crippen LogP contribution in [0.25, 0.3) is 0 Å². The monoisotopic (exact) mass is 388 g/mol. The summed E-state index contributed by atoms with van der Waals surface area (Å²) in [5.74, 6) is -0.450. The van der Waals surface area contributed by atoms with Gasteiger partial charge in [0.1, 0.15) is 12.1 Å². The zero-order chi connectivity index (χ0) is 19.2. The van der Waals surface area contributed by atoms with E-state index in [0.717, 1.165) is 49.1 Å². The third kappa shape index (κ3) is 3.16. The molecule has 2 heterocycles. The molecule has 4 rings (SSSR count). The first-order valence-electron chi connectivity index (χ1n) is 9.48. The molecule has 0 radical (unpaired) electrons. The van der Waals surface area contributed by atoms with Gasteiger partial charge < -0.3 is 5.32 Å². The minimum absolute atomic E-state index is 0.170. The van der Waals surface area contributed by atoms with Crippen molar-refractivity contribution in [3.05, 3.63) is 23.2 Å². The van der Waals surface area contributed by atoms with Crippen LogP contribution >= 0.6 is 11.3 Å². The van der Waals surface area contributed by atoms with Gasteiger partial charge in [0.25, 0.3) is 5.91 Å². The number of fused-ring (bicyclic) bond motifs is 1. The van der Waals surface area contributed by atoms with Crippen LogP contribution in [0, 0.1) is 5.92 Å². The van der Waals surface area contributed by atoms with Crippen LogP contribution in [0.15, 0.2) is 12.7 Å². The van der Waals surface area contributed by atoms with E-state index in [0.29, 0.717) is 11.7 Å². The van der Waals surface area contributed by atoms with Gasteiger partial charge in [0.2, 0.25) is 5.91 Å². The van der Waals surface area contributed by atoms with Gasteiger partial charge in [-0.25, -0.2) is 9.78 Å². The first-order valence-corrected chi connectivity index (χ1v) is 10.3. The van der Waals surface area contributed by atoms with Crippen LogP contribution in [0.4, 0.5) is 9.93 Å². The number of aromatic nitrogens is 1. The van der Waals surface area contributed by atoms with Crippen LogP contribution in [-0.4, -0.2) is 46.4 Å². The maximum Gasteiger partial charge on any atom is 0.325 e. The first-order chi connectivity index (χ1) is 12.9. The highest BCUT2D eigenvalue weighted by Gasteiger charge is 2.56. The zero-order valence-electron chi connectivity index (χ0n) is 15.5. The molecular weight excluding hydrogens is 364 g/mol. The third-order valence-electron chi connectivity index (χ3n) is 5.67. The number of carbonyl (C=O) groups excluding carboxylic acids is 3. The predicted octanol–water partition coefficient (Wildman–Crippen LogP) is 2.26. The van der Waals surface area contributed by atoms with Crippen molar-refractivity contribution in [3.63, 3.8) is 0 Å². The summed E-state index contributed by atoms with van der Waals surface area (Å²) in [5.41, 5.74) is 0.195. The predicted molar refractivity (Wildman–Crippen MR) is 103 cm³/mol. The Labute approximate surface area is 162 Å². The quantitative estimate of drug-likeness (QED) is 0.599.